The van der Waals surface area contributed by atoms with Gasteiger partial charge in [0.25, 0.3) is 5.91 Å². The molecule has 104 valence electrons. The standard InChI is InChI=1S/C15H21NO3/c1-2-10-6-8-11(9-7-10)16-15(19)12-4-3-5-13(17)14(12)18/h3-5,10-11,17-18H,2,6-9H2,1H3,(H,16,19). The molecule has 1 fully saturated rings. The minimum absolute atomic E-state index is 0.137. The summed E-state index contributed by atoms with van der Waals surface area (Å²) in [6, 6.07) is 4.61. The number of hydrogen-bond acceptors (Lipinski definition) is 3. The number of rotatable bonds is 3. The van der Waals surface area contributed by atoms with Crippen LogP contribution < -0.4 is 5.32 Å². The quantitative estimate of drug-likeness (QED) is 0.734. The number of phenols is 2. The van der Waals surface area contributed by atoms with E-state index >= 15 is 0 Å². The second-order valence-corrected chi connectivity index (χ2v) is 5.27. The lowest BCUT2D eigenvalue weighted by molar-refractivity contribution is 0.0918. The maximum absolute atomic E-state index is 12.1. The molecule has 2 rings (SSSR count). The van der Waals surface area contributed by atoms with E-state index in [0.717, 1.165) is 31.6 Å². The molecule has 4 heteroatoms. The van der Waals surface area contributed by atoms with Crippen LogP contribution >= 0.6 is 0 Å². The summed E-state index contributed by atoms with van der Waals surface area (Å²) in [5.41, 5.74) is 0.137. The van der Waals surface area contributed by atoms with Gasteiger partial charge >= 0.3 is 0 Å². The van der Waals surface area contributed by atoms with Gasteiger partial charge in [-0.3, -0.25) is 4.79 Å². The molecule has 0 bridgehead atoms. The second-order valence-electron chi connectivity index (χ2n) is 5.27. The number of carbonyl (C=O) groups is 1. The van der Waals surface area contributed by atoms with Gasteiger partial charge in [-0.05, 0) is 43.7 Å². The van der Waals surface area contributed by atoms with Crippen molar-refractivity contribution in [3.8, 4) is 11.5 Å². The van der Waals surface area contributed by atoms with Crippen molar-refractivity contribution in [1.82, 2.24) is 5.32 Å². The Morgan fingerprint density at radius 2 is 1.95 bits per heavy atom. The molecule has 1 aliphatic rings. The summed E-state index contributed by atoms with van der Waals surface area (Å²) in [6.07, 6.45) is 5.47. The van der Waals surface area contributed by atoms with Gasteiger partial charge in [-0.2, -0.15) is 0 Å². The summed E-state index contributed by atoms with van der Waals surface area (Å²) in [7, 11) is 0. The molecule has 0 spiro atoms. The summed E-state index contributed by atoms with van der Waals surface area (Å²) < 4.78 is 0. The Balaban J connectivity index is 1.96. The predicted octanol–water partition coefficient (Wildman–Crippen LogP) is 2.80. The van der Waals surface area contributed by atoms with Crippen molar-refractivity contribution < 1.29 is 15.0 Å². The lowest BCUT2D eigenvalue weighted by Gasteiger charge is -2.28. The lowest BCUT2D eigenvalue weighted by Crippen LogP contribution is -2.37. The number of hydrogen-bond donors (Lipinski definition) is 3. The smallest absolute Gasteiger partial charge is 0.255 e. The molecule has 0 unspecified atom stereocenters. The number of phenolic OH excluding ortho intramolecular Hbond substituents is 2. The highest BCUT2D eigenvalue weighted by atomic mass is 16.3. The van der Waals surface area contributed by atoms with Crippen molar-refractivity contribution in [2.45, 2.75) is 45.1 Å². The Kier molecular flexibility index (Phi) is 4.30. The van der Waals surface area contributed by atoms with E-state index < -0.39 is 0 Å². The van der Waals surface area contributed by atoms with Crippen LogP contribution in [-0.4, -0.2) is 22.2 Å². The zero-order chi connectivity index (χ0) is 13.8. The van der Waals surface area contributed by atoms with Gasteiger partial charge in [-0.15, -0.1) is 0 Å². The molecule has 0 saturated heterocycles. The Labute approximate surface area is 113 Å². The highest BCUT2D eigenvalue weighted by Gasteiger charge is 2.23. The maximum Gasteiger partial charge on any atom is 0.255 e. The summed E-state index contributed by atoms with van der Waals surface area (Å²) in [6.45, 7) is 2.20. The van der Waals surface area contributed by atoms with Crippen LogP contribution in [0.25, 0.3) is 0 Å². The monoisotopic (exact) mass is 263 g/mol. The minimum Gasteiger partial charge on any atom is -0.504 e. The van der Waals surface area contributed by atoms with Crippen LogP contribution in [0.1, 0.15) is 49.4 Å². The van der Waals surface area contributed by atoms with E-state index in [4.69, 9.17) is 0 Å². The fourth-order valence-corrected chi connectivity index (χ4v) is 2.69. The average molecular weight is 263 g/mol. The molecule has 0 aliphatic heterocycles. The van der Waals surface area contributed by atoms with Gasteiger partial charge in [0.05, 0.1) is 5.56 Å². The van der Waals surface area contributed by atoms with Crippen LogP contribution in [0.2, 0.25) is 0 Å². The molecule has 1 aromatic carbocycles. The Morgan fingerprint density at radius 3 is 2.58 bits per heavy atom. The maximum atomic E-state index is 12.1. The van der Waals surface area contributed by atoms with Gasteiger partial charge in [0.2, 0.25) is 0 Å². The van der Waals surface area contributed by atoms with E-state index in [9.17, 15) is 15.0 Å². The Morgan fingerprint density at radius 1 is 1.26 bits per heavy atom. The van der Waals surface area contributed by atoms with Crippen molar-refractivity contribution in [3.63, 3.8) is 0 Å². The molecule has 0 atom stereocenters. The summed E-state index contributed by atoms with van der Waals surface area (Å²) in [5, 5.41) is 22.0. The third-order valence-corrected chi connectivity index (χ3v) is 4.02. The summed E-state index contributed by atoms with van der Waals surface area (Å²) >= 11 is 0. The van der Waals surface area contributed by atoms with E-state index in [2.05, 4.69) is 12.2 Å². The van der Waals surface area contributed by atoms with Crippen LogP contribution in [0.3, 0.4) is 0 Å². The number of amides is 1. The normalized spacial score (nSPS) is 23.0. The van der Waals surface area contributed by atoms with Gasteiger partial charge in [0.1, 0.15) is 0 Å². The zero-order valence-electron chi connectivity index (χ0n) is 11.2. The highest BCUT2D eigenvalue weighted by molar-refractivity contribution is 5.97. The lowest BCUT2D eigenvalue weighted by atomic mass is 9.84. The van der Waals surface area contributed by atoms with Crippen LogP contribution in [0, 0.1) is 5.92 Å². The minimum atomic E-state index is -0.345. The topological polar surface area (TPSA) is 69.6 Å². The molecular formula is C15H21NO3. The highest BCUT2D eigenvalue weighted by Crippen LogP contribution is 2.29. The first-order valence-corrected chi connectivity index (χ1v) is 6.93. The molecule has 4 nitrogen and oxygen atoms in total. The number of carbonyl (C=O) groups excluding carboxylic acids is 1. The van der Waals surface area contributed by atoms with Crippen molar-refractivity contribution >= 4 is 5.91 Å². The molecule has 1 aliphatic carbocycles. The van der Waals surface area contributed by atoms with Crippen LogP contribution in [0.4, 0.5) is 0 Å². The number of nitrogens with one attached hydrogen (secondary N) is 1. The molecule has 0 aromatic heterocycles. The van der Waals surface area contributed by atoms with Gasteiger partial charge in [0.15, 0.2) is 11.5 Å². The van der Waals surface area contributed by atoms with Crippen molar-refractivity contribution in [3.05, 3.63) is 23.8 Å². The summed E-state index contributed by atoms with van der Waals surface area (Å²) in [4.78, 5) is 12.1. The van der Waals surface area contributed by atoms with E-state index in [0.29, 0.717) is 0 Å². The first kappa shape index (κ1) is 13.7. The molecule has 19 heavy (non-hydrogen) atoms. The Hall–Kier alpha value is -1.71. The predicted molar refractivity (Wildman–Crippen MR) is 73.3 cm³/mol. The van der Waals surface area contributed by atoms with E-state index in [1.165, 1.54) is 18.6 Å². The van der Waals surface area contributed by atoms with E-state index in [1.807, 2.05) is 0 Å². The molecule has 1 aromatic rings. The average Bonchev–Trinajstić information content (AvgIpc) is 2.42. The third kappa shape index (κ3) is 3.19. The third-order valence-electron chi connectivity index (χ3n) is 4.02. The molecule has 0 heterocycles. The van der Waals surface area contributed by atoms with E-state index in [1.54, 1.807) is 6.07 Å². The van der Waals surface area contributed by atoms with E-state index in [-0.39, 0.29) is 29.0 Å². The first-order chi connectivity index (χ1) is 9.11. The summed E-state index contributed by atoms with van der Waals surface area (Å²) in [5.74, 6) is -0.139. The van der Waals surface area contributed by atoms with Crippen molar-refractivity contribution in [2.24, 2.45) is 5.92 Å². The first-order valence-electron chi connectivity index (χ1n) is 6.93. The molecule has 3 N–H and O–H groups in total. The fraction of sp³-hybridized carbons (Fsp3) is 0.533. The van der Waals surface area contributed by atoms with Crippen LogP contribution in [-0.2, 0) is 0 Å². The number of para-hydroxylation sites is 1. The molecule has 1 saturated carbocycles. The van der Waals surface area contributed by atoms with Crippen molar-refractivity contribution in [2.75, 3.05) is 0 Å². The van der Waals surface area contributed by atoms with Gasteiger partial charge < -0.3 is 15.5 Å². The zero-order valence-corrected chi connectivity index (χ0v) is 11.2. The Bertz CT molecular complexity index is 451. The molecular weight excluding hydrogens is 242 g/mol. The number of benzene rings is 1. The fourth-order valence-electron chi connectivity index (χ4n) is 2.69. The number of aromatic hydroxyl groups is 2. The SMILES string of the molecule is CCC1CCC(NC(=O)c2cccc(O)c2O)CC1. The molecule has 1 amide bonds. The second kappa shape index (κ2) is 5.95. The largest absolute Gasteiger partial charge is 0.504 e. The molecule has 0 radical (unpaired) electrons. The van der Waals surface area contributed by atoms with Gasteiger partial charge in [0, 0.05) is 6.04 Å². The van der Waals surface area contributed by atoms with Crippen LogP contribution in [0.15, 0.2) is 18.2 Å². The van der Waals surface area contributed by atoms with Gasteiger partial charge in [-0.1, -0.05) is 19.4 Å². The van der Waals surface area contributed by atoms with Crippen LogP contribution in [0.5, 0.6) is 11.5 Å². The van der Waals surface area contributed by atoms with Gasteiger partial charge in [-0.25, -0.2) is 0 Å². The van der Waals surface area contributed by atoms with Crippen molar-refractivity contribution in [1.29, 1.82) is 0 Å².